The lowest BCUT2D eigenvalue weighted by molar-refractivity contribution is -0.0328. The molecule has 1 rings (SSSR count). The van der Waals surface area contributed by atoms with Crippen molar-refractivity contribution in [3.8, 4) is 0 Å². The largest absolute Gasteiger partial charge is 0.446 e. The lowest BCUT2D eigenvalue weighted by Gasteiger charge is -2.29. The minimum atomic E-state index is -4.24. The number of rotatable bonds is 6. The fourth-order valence-corrected chi connectivity index (χ4v) is 2.59. The molecule has 0 fully saturated rings. The average Bonchev–Trinajstić information content (AvgIpc) is 2.35. The van der Waals surface area contributed by atoms with E-state index < -0.39 is 5.51 Å². The maximum absolute atomic E-state index is 12.2. The Morgan fingerprint density at radius 1 is 1.16 bits per heavy atom. The summed E-state index contributed by atoms with van der Waals surface area (Å²) in [6, 6.07) is 6.51. The van der Waals surface area contributed by atoms with E-state index in [1.807, 2.05) is 13.8 Å². The summed E-state index contributed by atoms with van der Waals surface area (Å²) in [7, 11) is 0. The van der Waals surface area contributed by atoms with Crippen molar-refractivity contribution in [2.45, 2.75) is 30.3 Å². The van der Waals surface area contributed by atoms with Crippen molar-refractivity contribution in [2.75, 3.05) is 19.6 Å². The van der Waals surface area contributed by atoms with Crippen LogP contribution in [-0.2, 0) is 0 Å². The van der Waals surface area contributed by atoms with Crippen molar-refractivity contribution in [1.29, 1.82) is 0 Å². The first-order chi connectivity index (χ1) is 8.91. The zero-order chi connectivity index (χ0) is 14.5. The Labute approximate surface area is 116 Å². The molecule has 6 heteroatoms. The van der Waals surface area contributed by atoms with Crippen LogP contribution in [0.3, 0.4) is 0 Å². The molecule has 0 saturated heterocycles. The Morgan fingerprint density at radius 2 is 1.68 bits per heavy atom. The molecule has 1 atom stereocenters. The Bertz CT molecular complexity index is 374. The first kappa shape index (κ1) is 16.3. The van der Waals surface area contributed by atoms with Gasteiger partial charge in [-0.15, -0.1) is 0 Å². The van der Waals surface area contributed by atoms with Gasteiger partial charge in [0, 0.05) is 17.5 Å². The van der Waals surface area contributed by atoms with E-state index in [-0.39, 0.29) is 22.7 Å². The molecule has 0 aliphatic heterocycles. The quantitative estimate of drug-likeness (QED) is 0.812. The second-order valence-corrected chi connectivity index (χ2v) is 5.23. The van der Waals surface area contributed by atoms with E-state index in [2.05, 4.69) is 4.90 Å². The van der Waals surface area contributed by atoms with Crippen LogP contribution in [0.2, 0.25) is 0 Å². The third-order valence-electron chi connectivity index (χ3n) is 2.97. The van der Waals surface area contributed by atoms with E-state index in [0.717, 1.165) is 18.7 Å². The van der Waals surface area contributed by atoms with Crippen LogP contribution >= 0.6 is 11.8 Å². The van der Waals surface area contributed by atoms with Gasteiger partial charge in [0.05, 0.1) is 0 Å². The van der Waals surface area contributed by atoms with Crippen LogP contribution in [0.4, 0.5) is 13.2 Å². The van der Waals surface area contributed by atoms with Gasteiger partial charge in [-0.25, -0.2) is 0 Å². The molecular formula is C13H19F3N2S. The summed E-state index contributed by atoms with van der Waals surface area (Å²) in [5, 5.41) is 0. The predicted octanol–water partition coefficient (Wildman–Crippen LogP) is 3.64. The summed E-state index contributed by atoms with van der Waals surface area (Å²) in [5.41, 5.74) is 2.48. The van der Waals surface area contributed by atoms with Gasteiger partial charge < -0.3 is 5.73 Å². The molecule has 0 aliphatic carbocycles. The number of benzene rings is 1. The van der Waals surface area contributed by atoms with E-state index in [9.17, 15) is 13.2 Å². The van der Waals surface area contributed by atoms with Crippen molar-refractivity contribution >= 4 is 11.8 Å². The van der Waals surface area contributed by atoms with Crippen molar-refractivity contribution in [3.63, 3.8) is 0 Å². The van der Waals surface area contributed by atoms with Crippen LogP contribution in [0.1, 0.15) is 25.5 Å². The van der Waals surface area contributed by atoms with Crippen LogP contribution in [0, 0.1) is 0 Å². The zero-order valence-electron chi connectivity index (χ0n) is 11.1. The number of alkyl halides is 3. The van der Waals surface area contributed by atoms with E-state index in [1.165, 1.54) is 12.1 Å². The minimum absolute atomic E-state index is 0.0555. The SMILES string of the molecule is CCN(CC)C(CN)c1ccc(SC(F)(F)F)cc1. The lowest BCUT2D eigenvalue weighted by Crippen LogP contribution is -2.33. The van der Waals surface area contributed by atoms with E-state index in [4.69, 9.17) is 5.73 Å². The first-order valence-electron chi connectivity index (χ1n) is 6.21. The van der Waals surface area contributed by atoms with Crippen molar-refractivity contribution < 1.29 is 13.2 Å². The molecule has 0 aliphatic rings. The van der Waals surface area contributed by atoms with Gasteiger partial charge in [0.1, 0.15) is 0 Å². The molecule has 0 radical (unpaired) electrons. The average molecular weight is 292 g/mol. The minimum Gasteiger partial charge on any atom is -0.329 e. The van der Waals surface area contributed by atoms with E-state index in [0.29, 0.717) is 6.54 Å². The second kappa shape index (κ2) is 7.17. The van der Waals surface area contributed by atoms with Gasteiger partial charge in [0.15, 0.2) is 0 Å². The first-order valence-corrected chi connectivity index (χ1v) is 7.02. The Kier molecular flexibility index (Phi) is 6.16. The third kappa shape index (κ3) is 5.04. The highest BCUT2D eigenvalue weighted by Crippen LogP contribution is 2.37. The van der Waals surface area contributed by atoms with Gasteiger partial charge in [0.2, 0.25) is 0 Å². The van der Waals surface area contributed by atoms with Crippen LogP contribution in [-0.4, -0.2) is 30.0 Å². The van der Waals surface area contributed by atoms with Gasteiger partial charge >= 0.3 is 5.51 Å². The van der Waals surface area contributed by atoms with Crippen molar-refractivity contribution in [2.24, 2.45) is 5.73 Å². The molecule has 108 valence electrons. The summed E-state index contributed by atoms with van der Waals surface area (Å²) in [6.07, 6.45) is 0. The van der Waals surface area contributed by atoms with Gasteiger partial charge in [-0.2, -0.15) is 13.2 Å². The molecule has 0 heterocycles. The monoisotopic (exact) mass is 292 g/mol. The third-order valence-corrected chi connectivity index (χ3v) is 3.71. The Morgan fingerprint density at radius 3 is 2.05 bits per heavy atom. The molecule has 19 heavy (non-hydrogen) atoms. The van der Waals surface area contributed by atoms with Crippen LogP contribution in [0.25, 0.3) is 0 Å². The molecule has 1 aromatic rings. The Hall–Kier alpha value is -0.720. The van der Waals surface area contributed by atoms with E-state index >= 15 is 0 Å². The van der Waals surface area contributed by atoms with Crippen molar-refractivity contribution in [1.82, 2.24) is 4.90 Å². The summed E-state index contributed by atoms with van der Waals surface area (Å²) in [4.78, 5) is 2.39. The highest BCUT2D eigenvalue weighted by Gasteiger charge is 2.29. The van der Waals surface area contributed by atoms with Gasteiger partial charge in [-0.3, -0.25) is 4.90 Å². The number of halogens is 3. The number of likely N-dealkylation sites (N-methyl/N-ethyl adjacent to an activating group) is 1. The number of nitrogens with zero attached hydrogens (tertiary/aromatic N) is 1. The molecule has 2 N–H and O–H groups in total. The maximum Gasteiger partial charge on any atom is 0.446 e. The van der Waals surface area contributed by atoms with Crippen LogP contribution < -0.4 is 5.73 Å². The zero-order valence-corrected chi connectivity index (χ0v) is 11.9. The molecule has 0 saturated carbocycles. The molecule has 2 nitrogen and oxygen atoms in total. The normalized spacial score (nSPS) is 13.8. The number of nitrogens with two attached hydrogens (primary N) is 1. The number of hydrogen-bond donors (Lipinski definition) is 1. The molecule has 1 unspecified atom stereocenters. The van der Waals surface area contributed by atoms with Gasteiger partial charge in [-0.1, -0.05) is 26.0 Å². The highest BCUT2D eigenvalue weighted by molar-refractivity contribution is 8.00. The Balaban J connectivity index is 2.84. The van der Waals surface area contributed by atoms with Crippen LogP contribution in [0.5, 0.6) is 0 Å². The maximum atomic E-state index is 12.2. The van der Waals surface area contributed by atoms with Crippen molar-refractivity contribution in [3.05, 3.63) is 29.8 Å². The topological polar surface area (TPSA) is 29.3 Å². The summed E-state index contributed by atoms with van der Waals surface area (Å²) in [6.45, 7) is 6.25. The highest BCUT2D eigenvalue weighted by atomic mass is 32.2. The molecular weight excluding hydrogens is 273 g/mol. The fourth-order valence-electron chi connectivity index (χ4n) is 2.05. The summed E-state index contributed by atoms with van der Waals surface area (Å²) < 4.78 is 36.7. The molecule has 0 aromatic heterocycles. The predicted molar refractivity (Wildman–Crippen MR) is 73.1 cm³/mol. The second-order valence-electron chi connectivity index (χ2n) is 4.09. The standard InChI is InChI=1S/C13H19F3N2S/c1-3-18(4-2)12(9-17)10-5-7-11(8-6-10)19-13(14,15)16/h5-8,12H,3-4,9,17H2,1-2H3. The number of hydrogen-bond acceptors (Lipinski definition) is 3. The molecule has 0 amide bonds. The molecule has 1 aromatic carbocycles. The van der Waals surface area contributed by atoms with Gasteiger partial charge in [0.25, 0.3) is 0 Å². The van der Waals surface area contributed by atoms with E-state index in [1.54, 1.807) is 12.1 Å². The summed E-state index contributed by atoms with van der Waals surface area (Å²) >= 11 is -0.0962. The molecule has 0 spiro atoms. The summed E-state index contributed by atoms with van der Waals surface area (Å²) in [5.74, 6) is 0. The van der Waals surface area contributed by atoms with Gasteiger partial charge in [-0.05, 0) is 42.5 Å². The fraction of sp³-hybridized carbons (Fsp3) is 0.538. The molecule has 0 bridgehead atoms. The smallest absolute Gasteiger partial charge is 0.329 e. The van der Waals surface area contributed by atoms with Crippen LogP contribution in [0.15, 0.2) is 29.2 Å². The number of thioether (sulfide) groups is 1. The lowest BCUT2D eigenvalue weighted by atomic mass is 10.1.